The molecule has 0 aromatic heterocycles. The van der Waals surface area contributed by atoms with Crippen molar-refractivity contribution in [3.63, 3.8) is 0 Å². The number of cyclic esters (lactones) is 2. The Kier molecular flexibility index (Phi) is 3.77. The number of esters is 2. The monoisotopic (exact) mass is 400 g/mol. The second kappa shape index (κ2) is 6.64. The van der Waals surface area contributed by atoms with Crippen molar-refractivity contribution in [1.29, 1.82) is 0 Å². The van der Waals surface area contributed by atoms with Crippen LogP contribution in [0.5, 0.6) is 0 Å². The SMILES string of the molecule is O=C1OC(=O)c2cc3c(-c4ccccc4)c4ccccc4c(-c4ccccc4)c3cc21. The molecule has 1 aliphatic heterocycles. The predicted octanol–water partition coefficient (Wildman–Crippen LogP) is 6.64. The van der Waals surface area contributed by atoms with Crippen LogP contribution >= 0.6 is 0 Å². The zero-order valence-electron chi connectivity index (χ0n) is 16.5. The number of carbonyl (C=O) groups is 2. The highest BCUT2D eigenvalue weighted by Crippen LogP contribution is 2.45. The molecule has 1 heterocycles. The van der Waals surface area contributed by atoms with E-state index < -0.39 is 11.9 Å². The molecule has 0 N–H and O–H groups in total. The largest absolute Gasteiger partial charge is 0.386 e. The van der Waals surface area contributed by atoms with Crippen LogP contribution in [-0.2, 0) is 4.74 Å². The van der Waals surface area contributed by atoms with E-state index in [2.05, 4.69) is 36.4 Å². The molecule has 5 aromatic carbocycles. The highest BCUT2D eigenvalue weighted by atomic mass is 16.6. The lowest BCUT2D eigenvalue weighted by Crippen LogP contribution is -1.96. The Morgan fingerprint density at radius 3 is 1.26 bits per heavy atom. The lowest BCUT2D eigenvalue weighted by Gasteiger charge is -2.18. The predicted molar refractivity (Wildman–Crippen MR) is 122 cm³/mol. The molecule has 0 saturated heterocycles. The third-order valence-electron chi connectivity index (χ3n) is 5.91. The molecule has 0 unspecified atom stereocenters. The van der Waals surface area contributed by atoms with Gasteiger partial charge in [0.1, 0.15) is 0 Å². The summed E-state index contributed by atoms with van der Waals surface area (Å²) in [6, 6.07) is 32.2. The third kappa shape index (κ3) is 2.60. The van der Waals surface area contributed by atoms with Gasteiger partial charge in [-0.3, -0.25) is 0 Å². The quantitative estimate of drug-likeness (QED) is 0.190. The molecule has 146 valence electrons. The van der Waals surface area contributed by atoms with Gasteiger partial charge in [-0.05, 0) is 55.9 Å². The van der Waals surface area contributed by atoms with Crippen LogP contribution < -0.4 is 0 Å². The van der Waals surface area contributed by atoms with E-state index in [1.54, 1.807) is 0 Å². The van der Waals surface area contributed by atoms with Crippen LogP contribution in [0.4, 0.5) is 0 Å². The van der Waals surface area contributed by atoms with Crippen LogP contribution in [0.2, 0.25) is 0 Å². The number of benzene rings is 5. The molecule has 5 aromatic rings. The Labute approximate surface area is 178 Å². The van der Waals surface area contributed by atoms with Gasteiger partial charge >= 0.3 is 11.9 Å². The number of rotatable bonds is 2. The maximum absolute atomic E-state index is 12.3. The van der Waals surface area contributed by atoms with Gasteiger partial charge in [0, 0.05) is 0 Å². The maximum atomic E-state index is 12.3. The number of fused-ring (bicyclic) bond motifs is 3. The van der Waals surface area contributed by atoms with Crippen molar-refractivity contribution in [2.24, 2.45) is 0 Å². The molecule has 0 amide bonds. The van der Waals surface area contributed by atoms with Gasteiger partial charge < -0.3 is 4.74 Å². The molecule has 3 nitrogen and oxygen atoms in total. The van der Waals surface area contributed by atoms with Crippen molar-refractivity contribution in [2.75, 3.05) is 0 Å². The first-order valence-electron chi connectivity index (χ1n) is 10.1. The lowest BCUT2D eigenvalue weighted by atomic mass is 9.84. The van der Waals surface area contributed by atoms with Gasteiger partial charge in [0.05, 0.1) is 11.1 Å². The van der Waals surface area contributed by atoms with Crippen LogP contribution in [0.1, 0.15) is 20.7 Å². The Balaban J connectivity index is 1.88. The normalized spacial score (nSPS) is 12.9. The highest BCUT2D eigenvalue weighted by Gasteiger charge is 2.31. The van der Waals surface area contributed by atoms with Crippen LogP contribution in [-0.4, -0.2) is 11.9 Å². The van der Waals surface area contributed by atoms with Crippen molar-refractivity contribution in [3.05, 3.63) is 108 Å². The van der Waals surface area contributed by atoms with Crippen molar-refractivity contribution < 1.29 is 14.3 Å². The summed E-state index contributed by atoms with van der Waals surface area (Å²) in [5.74, 6) is -1.18. The van der Waals surface area contributed by atoms with E-state index in [0.29, 0.717) is 11.1 Å². The fourth-order valence-electron chi connectivity index (χ4n) is 4.59. The Hall–Kier alpha value is -4.24. The highest BCUT2D eigenvalue weighted by molar-refractivity contribution is 6.25. The van der Waals surface area contributed by atoms with Gasteiger partial charge in [-0.25, -0.2) is 9.59 Å². The van der Waals surface area contributed by atoms with Gasteiger partial charge in [-0.2, -0.15) is 0 Å². The molecule has 31 heavy (non-hydrogen) atoms. The van der Waals surface area contributed by atoms with E-state index in [0.717, 1.165) is 43.8 Å². The van der Waals surface area contributed by atoms with E-state index in [1.165, 1.54) is 0 Å². The Morgan fingerprint density at radius 2 is 0.839 bits per heavy atom. The summed E-state index contributed by atoms with van der Waals surface area (Å²) in [5.41, 5.74) is 4.84. The van der Waals surface area contributed by atoms with Gasteiger partial charge in [-0.1, -0.05) is 84.9 Å². The van der Waals surface area contributed by atoms with E-state index in [1.807, 2.05) is 60.7 Å². The molecule has 0 saturated carbocycles. The number of carbonyl (C=O) groups excluding carboxylic acids is 2. The lowest BCUT2D eigenvalue weighted by molar-refractivity contribution is 0.0444. The number of hydrogen-bond acceptors (Lipinski definition) is 3. The van der Waals surface area contributed by atoms with E-state index in [-0.39, 0.29) is 0 Å². The first-order chi connectivity index (χ1) is 15.2. The summed E-state index contributed by atoms with van der Waals surface area (Å²) >= 11 is 0. The molecule has 3 heteroatoms. The van der Waals surface area contributed by atoms with Crippen molar-refractivity contribution in [3.8, 4) is 22.3 Å². The van der Waals surface area contributed by atoms with E-state index in [4.69, 9.17) is 4.74 Å². The smallest absolute Gasteiger partial charge is 0.346 e. The molecule has 0 aliphatic carbocycles. The molecule has 0 radical (unpaired) electrons. The molecule has 0 spiro atoms. The zero-order chi connectivity index (χ0) is 20.9. The topological polar surface area (TPSA) is 43.4 Å². The first-order valence-corrected chi connectivity index (χ1v) is 10.1. The van der Waals surface area contributed by atoms with E-state index >= 15 is 0 Å². The van der Waals surface area contributed by atoms with Gasteiger partial charge in [-0.15, -0.1) is 0 Å². The third-order valence-corrected chi connectivity index (χ3v) is 5.91. The number of hydrogen-bond donors (Lipinski definition) is 0. The van der Waals surface area contributed by atoms with Crippen LogP contribution in [0, 0.1) is 0 Å². The standard InChI is InChI=1S/C28H16O3/c29-27-23-15-21-22(16-24(23)28(30)31-27)26(18-11-5-2-6-12-18)20-14-8-7-13-19(20)25(21)17-9-3-1-4-10-17/h1-16H. The van der Waals surface area contributed by atoms with Crippen LogP contribution in [0.3, 0.4) is 0 Å². The summed E-state index contributed by atoms with van der Waals surface area (Å²) in [6.07, 6.45) is 0. The summed E-state index contributed by atoms with van der Waals surface area (Å²) < 4.78 is 4.91. The van der Waals surface area contributed by atoms with Crippen LogP contribution in [0.15, 0.2) is 97.1 Å². The second-order valence-corrected chi connectivity index (χ2v) is 7.65. The van der Waals surface area contributed by atoms with Gasteiger partial charge in [0.25, 0.3) is 0 Å². The average molecular weight is 400 g/mol. The maximum Gasteiger partial charge on any atom is 0.346 e. The molecular formula is C28H16O3. The summed E-state index contributed by atoms with van der Waals surface area (Å²) in [6.45, 7) is 0. The molecule has 0 bridgehead atoms. The second-order valence-electron chi connectivity index (χ2n) is 7.65. The minimum Gasteiger partial charge on any atom is -0.386 e. The fourth-order valence-corrected chi connectivity index (χ4v) is 4.59. The molecule has 1 aliphatic rings. The minimum absolute atomic E-state index is 0.323. The van der Waals surface area contributed by atoms with Crippen molar-refractivity contribution in [1.82, 2.24) is 0 Å². The van der Waals surface area contributed by atoms with Crippen LogP contribution in [0.25, 0.3) is 43.8 Å². The van der Waals surface area contributed by atoms with Crippen molar-refractivity contribution in [2.45, 2.75) is 0 Å². The Bertz CT molecular complexity index is 1400. The molecular weight excluding hydrogens is 384 g/mol. The van der Waals surface area contributed by atoms with Crippen molar-refractivity contribution >= 4 is 33.5 Å². The van der Waals surface area contributed by atoms with Gasteiger partial charge in [0.2, 0.25) is 0 Å². The summed E-state index contributed by atoms with van der Waals surface area (Å²) in [4.78, 5) is 24.7. The minimum atomic E-state index is -0.588. The number of ether oxygens (including phenoxy) is 1. The molecule has 0 atom stereocenters. The summed E-state index contributed by atoms with van der Waals surface area (Å²) in [7, 11) is 0. The fraction of sp³-hybridized carbons (Fsp3) is 0. The zero-order valence-corrected chi connectivity index (χ0v) is 16.5. The first kappa shape index (κ1) is 17.6. The molecule has 6 rings (SSSR count). The van der Waals surface area contributed by atoms with E-state index in [9.17, 15) is 9.59 Å². The Morgan fingerprint density at radius 1 is 0.452 bits per heavy atom. The molecule has 0 fully saturated rings. The average Bonchev–Trinajstić information content (AvgIpc) is 3.09. The summed E-state index contributed by atoms with van der Waals surface area (Å²) in [5, 5.41) is 4.04. The van der Waals surface area contributed by atoms with Gasteiger partial charge in [0.15, 0.2) is 0 Å².